The van der Waals surface area contributed by atoms with Gasteiger partial charge in [0.05, 0.1) is 11.4 Å². The first-order chi connectivity index (χ1) is 6.38. The maximum absolute atomic E-state index is 11.3. The fourth-order valence-electron chi connectivity index (χ4n) is 0.790. The highest BCUT2D eigenvalue weighted by molar-refractivity contribution is 8.72. The summed E-state index contributed by atoms with van der Waals surface area (Å²) < 4.78 is 22.8. The molecule has 1 rings (SSSR count). The predicted octanol–water partition coefficient (Wildman–Crippen LogP) is 0.525. The summed E-state index contributed by atoms with van der Waals surface area (Å²) in [5.41, 5.74) is 0.725. The second kappa shape index (κ2) is 4.14. The third kappa shape index (κ3) is 3.51. The summed E-state index contributed by atoms with van der Waals surface area (Å²) in [6.07, 6.45) is 4.01. The molecule has 0 aliphatic heterocycles. The summed E-state index contributed by atoms with van der Waals surface area (Å²) in [5, 5.41) is 0. The first kappa shape index (κ1) is 11.3. The van der Waals surface area contributed by atoms with E-state index in [-0.39, 0.29) is 11.7 Å². The molecule has 5 nitrogen and oxygen atoms in total. The Balaban J connectivity index is 2.60. The van der Waals surface area contributed by atoms with E-state index >= 15 is 0 Å². The highest BCUT2D eigenvalue weighted by Crippen LogP contribution is 2.10. The van der Waals surface area contributed by atoms with Crippen LogP contribution in [0.5, 0.6) is 0 Å². The van der Waals surface area contributed by atoms with Crippen LogP contribution in [0.3, 0.4) is 0 Å². The molecule has 0 aromatic carbocycles. The Morgan fingerprint density at radius 1 is 1.64 bits per heavy atom. The molecule has 0 N–H and O–H groups in total. The van der Waals surface area contributed by atoms with E-state index in [0.717, 1.165) is 11.9 Å². The molecule has 0 bridgehead atoms. The molecule has 14 heavy (non-hydrogen) atoms. The zero-order valence-electron chi connectivity index (χ0n) is 7.80. The molecule has 1 heterocycles. The van der Waals surface area contributed by atoms with Gasteiger partial charge in [0.1, 0.15) is 6.33 Å². The van der Waals surface area contributed by atoms with Gasteiger partial charge in [-0.1, -0.05) is 0 Å². The van der Waals surface area contributed by atoms with Crippen molar-refractivity contribution in [3.8, 4) is 0 Å². The van der Waals surface area contributed by atoms with Gasteiger partial charge in [0.2, 0.25) is 5.91 Å². The van der Waals surface area contributed by atoms with Crippen LogP contribution >= 0.6 is 10.8 Å². The molecule has 0 aliphatic rings. The standard InChI is InChI=1S/C7H10N2O3S2/c1-6-3-9(5-8-6)7(10)4-13-14(2,11)12/h3,5H,4H2,1-2H3. The van der Waals surface area contributed by atoms with E-state index in [4.69, 9.17) is 0 Å². The summed E-state index contributed by atoms with van der Waals surface area (Å²) >= 11 is 0. The molecule has 7 heteroatoms. The van der Waals surface area contributed by atoms with Crippen LogP contribution in [0.25, 0.3) is 0 Å². The quantitative estimate of drug-likeness (QED) is 0.713. The van der Waals surface area contributed by atoms with E-state index in [9.17, 15) is 13.2 Å². The summed E-state index contributed by atoms with van der Waals surface area (Å²) in [7, 11) is -2.54. The van der Waals surface area contributed by atoms with E-state index in [0.29, 0.717) is 10.8 Å². The number of carbonyl (C=O) groups excluding carboxylic acids is 1. The number of hydrogen-bond acceptors (Lipinski definition) is 5. The van der Waals surface area contributed by atoms with Crippen LogP contribution in [0.15, 0.2) is 12.5 Å². The van der Waals surface area contributed by atoms with Crippen molar-refractivity contribution in [1.29, 1.82) is 0 Å². The van der Waals surface area contributed by atoms with Crippen LogP contribution < -0.4 is 0 Å². The normalized spacial score (nSPS) is 11.6. The Hall–Kier alpha value is -0.820. The minimum absolute atomic E-state index is 0.0887. The molecule has 0 atom stereocenters. The Kier molecular flexibility index (Phi) is 3.33. The van der Waals surface area contributed by atoms with Crippen LogP contribution in [-0.2, 0) is 8.87 Å². The topological polar surface area (TPSA) is 69.0 Å². The van der Waals surface area contributed by atoms with Gasteiger partial charge in [-0.25, -0.2) is 13.4 Å². The van der Waals surface area contributed by atoms with Crippen molar-refractivity contribution < 1.29 is 13.2 Å². The van der Waals surface area contributed by atoms with Crippen LogP contribution in [0.2, 0.25) is 0 Å². The average molecular weight is 234 g/mol. The van der Waals surface area contributed by atoms with Crippen molar-refractivity contribution in [3.05, 3.63) is 18.2 Å². The molecule has 78 valence electrons. The largest absolute Gasteiger partial charge is 0.275 e. The monoisotopic (exact) mass is 234 g/mol. The minimum Gasteiger partial charge on any atom is -0.275 e. The molecule has 0 unspecified atom stereocenters. The Morgan fingerprint density at radius 2 is 2.29 bits per heavy atom. The molecule has 0 fully saturated rings. The number of imidazole rings is 1. The predicted molar refractivity (Wildman–Crippen MR) is 54.9 cm³/mol. The second-order valence-electron chi connectivity index (χ2n) is 2.78. The van der Waals surface area contributed by atoms with Gasteiger partial charge in [-0.3, -0.25) is 9.36 Å². The summed E-state index contributed by atoms with van der Waals surface area (Å²) in [4.78, 5) is 15.2. The zero-order chi connectivity index (χ0) is 10.8. The fraction of sp³-hybridized carbons (Fsp3) is 0.429. The van der Waals surface area contributed by atoms with Gasteiger partial charge in [0.15, 0.2) is 8.87 Å². The molecule has 0 amide bonds. The molecule has 1 aromatic rings. The van der Waals surface area contributed by atoms with Crippen molar-refractivity contribution in [3.63, 3.8) is 0 Å². The van der Waals surface area contributed by atoms with Crippen LogP contribution in [0.1, 0.15) is 10.5 Å². The number of nitrogens with zero attached hydrogens (tertiary/aromatic N) is 2. The number of aryl methyl sites for hydroxylation is 1. The third-order valence-corrected chi connectivity index (χ3v) is 3.83. The summed E-state index contributed by atoms with van der Waals surface area (Å²) in [5.74, 6) is -0.379. The molecular formula is C7H10N2O3S2. The first-order valence-corrected chi connectivity index (χ1v) is 7.16. The Morgan fingerprint density at radius 3 is 2.71 bits per heavy atom. The molecule has 0 radical (unpaired) electrons. The zero-order valence-corrected chi connectivity index (χ0v) is 9.43. The van der Waals surface area contributed by atoms with Crippen molar-refractivity contribution in [2.75, 3.05) is 12.0 Å². The van der Waals surface area contributed by atoms with Crippen LogP contribution in [0, 0.1) is 6.92 Å². The van der Waals surface area contributed by atoms with Gasteiger partial charge >= 0.3 is 0 Å². The Labute approximate surface area is 85.8 Å². The Bertz CT molecular complexity index is 436. The fourth-order valence-corrected chi connectivity index (χ4v) is 2.20. The van der Waals surface area contributed by atoms with Crippen molar-refractivity contribution in [1.82, 2.24) is 9.55 Å². The molecule has 0 aliphatic carbocycles. The number of hydrogen-bond donors (Lipinski definition) is 0. The first-order valence-electron chi connectivity index (χ1n) is 3.77. The van der Waals surface area contributed by atoms with Crippen molar-refractivity contribution in [2.45, 2.75) is 6.92 Å². The SMILES string of the molecule is Cc1cn(C(=O)CSS(C)(=O)=O)cn1. The number of carbonyl (C=O) groups is 1. The van der Waals surface area contributed by atoms with E-state index in [1.807, 2.05) is 0 Å². The van der Waals surface area contributed by atoms with Gasteiger partial charge in [-0.05, 0) is 17.7 Å². The lowest BCUT2D eigenvalue weighted by atomic mass is 10.5. The second-order valence-corrected chi connectivity index (χ2v) is 7.24. The van der Waals surface area contributed by atoms with E-state index < -0.39 is 8.87 Å². The van der Waals surface area contributed by atoms with Crippen LogP contribution in [-0.4, -0.2) is 35.9 Å². The smallest absolute Gasteiger partial charge is 0.242 e. The lowest BCUT2D eigenvalue weighted by Crippen LogP contribution is -2.12. The van der Waals surface area contributed by atoms with Crippen molar-refractivity contribution in [2.24, 2.45) is 0 Å². The highest BCUT2D eigenvalue weighted by atomic mass is 33.1. The number of aromatic nitrogens is 2. The highest BCUT2D eigenvalue weighted by Gasteiger charge is 2.10. The summed E-state index contributed by atoms with van der Waals surface area (Å²) in [6.45, 7) is 1.76. The maximum Gasteiger partial charge on any atom is 0.242 e. The average Bonchev–Trinajstić information content (AvgIpc) is 2.46. The molecule has 0 spiro atoms. The van der Waals surface area contributed by atoms with E-state index in [1.54, 1.807) is 13.1 Å². The lowest BCUT2D eigenvalue weighted by molar-refractivity contribution is 0.0941. The maximum atomic E-state index is 11.3. The number of rotatable bonds is 3. The van der Waals surface area contributed by atoms with E-state index in [1.165, 1.54) is 10.9 Å². The summed E-state index contributed by atoms with van der Waals surface area (Å²) in [6, 6.07) is 0. The van der Waals surface area contributed by atoms with Gasteiger partial charge in [0.25, 0.3) is 0 Å². The lowest BCUT2D eigenvalue weighted by Gasteiger charge is -1.98. The van der Waals surface area contributed by atoms with Crippen LogP contribution in [0.4, 0.5) is 0 Å². The molecule has 0 saturated carbocycles. The van der Waals surface area contributed by atoms with Crippen molar-refractivity contribution >= 4 is 25.6 Å². The van der Waals surface area contributed by atoms with E-state index in [2.05, 4.69) is 4.98 Å². The van der Waals surface area contributed by atoms with Gasteiger partial charge in [0, 0.05) is 12.5 Å². The minimum atomic E-state index is -3.16. The molecule has 0 saturated heterocycles. The van der Waals surface area contributed by atoms with Gasteiger partial charge in [-0.2, -0.15) is 0 Å². The molecule has 1 aromatic heterocycles. The molecular weight excluding hydrogens is 224 g/mol. The van der Waals surface area contributed by atoms with Gasteiger partial charge < -0.3 is 0 Å². The third-order valence-electron chi connectivity index (χ3n) is 1.40. The van der Waals surface area contributed by atoms with Gasteiger partial charge in [-0.15, -0.1) is 0 Å².